The summed E-state index contributed by atoms with van der Waals surface area (Å²) in [6.07, 6.45) is -3.23. The van der Waals surface area contributed by atoms with Crippen LogP contribution in [0, 0.1) is 20.2 Å². The molecule has 1 aliphatic carbocycles. The minimum atomic E-state index is -4.72. The van der Waals surface area contributed by atoms with Gasteiger partial charge in [-0.05, 0) is 18.9 Å². The van der Waals surface area contributed by atoms with Crippen molar-refractivity contribution in [3.8, 4) is 0 Å². The summed E-state index contributed by atoms with van der Waals surface area (Å²) in [4.78, 5) is 19.9. The van der Waals surface area contributed by atoms with E-state index in [2.05, 4.69) is 0 Å². The Morgan fingerprint density at radius 2 is 1.61 bits per heavy atom. The minimum Gasteiger partial charge on any atom is -0.264 e. The number of sulfone groups is 1. The van der Waals surface area contributed by atoms with Crippen molar-refractivity contribution in [1.29, 1.82) is 0 Å². The normalized spacial score (nSPS) is 27.8. The highest BCUT2D eigenvalue weighted by Crippen LogP contribution is 2.31. The van der Waals surface area contributed by atoms with Crippen molar-refractivity contribution in [3.63, 3.8) is 0 Å². The third-order valence-electron chi connectivity index (χ3n) is 5.38. The predicted octanol–water partition coefficient (Wildman–Crippen LogP) is 0.400. The number of nitro benzene ring substituents is 1. The van der Waals surface area contributed by atoms with Gasteiger partial charge in [0.05, 0.1) is 21.7 Å². The van der Waals surface area contributed by atoms with Gasteiger partial charge in [0.1, 0.15) is 17.1 Å². The molecule has 0 aromatic heterocycles. The van der Waals surface area contributed by atoms with E-state index >= 15 is 0 Å². The second kappa shape index (κ2) is 9.21. The van der Waals surface area contributed by atoms with Crippen LogP contribution in [0.2, 0.25) is 0 Å². The molecule has 1 saturated carbocycles. The molecule has 0 bridgehead atoms. The van der Waals surface area contributed by atoms with Crippen molar-refractivity contribution >= 4 is 35.8 Å². The highest BCUT2D eigenvalue weighted by Gasteiger charge is 2.47. The van der Waals surface area contributed by atoms with Crippen molar-refractivity contribution in [2.75, 3.05) is 11.5 Å². The maximum absolute atomic E-state index is 12.7. The lowest BCUT2D eigenvalue weighted by Gasteiger charge is -2.26. The Morgan fingerprint density at radius 3 is 2.21 bits per heavy atom. The van der Waals surface area contributed by atoms with Gasteiger partial charge in [-0.3, -0.25) is 28.6 Å². The Balaban J connectivity index is 1.81. The highest BCUT2D eigenvalue weighted by molar-refractivity contribution is 7.92. The van der Waals surface area contributed by atoms with Crippen LogP contribution >= 0.6 is 0 Å². The molecule has 14 nitrogen and oxygen atoms in total. The summed E-state index contributed by atoms with van der Waals surface area (Å²) in [6.45, 7) is 0. The van der Waals surface area contributed by atoms with Crippen LogP contribution in [-0.4, -0.2) is 70.1 Å². The number of hydrogen-bond acceptors (Lipinski definition) is 12. The van der Waals surface area contributed by atoms with E-state index < -0.39 is 85.5 Å². The monoisotopic (exact) mass is 528 g/mol. The lowest BCUT2D eigenvalue weighted by atomic mass is 9.96. The first-order chi connectivity index (χ1) is 15.2. The van der Waals surface area contributed by atoms with Gasteiger partial charge in [-0.25, -0.2) is 8.42 Å². The zero-order valence-corrected chi connectivity index (χ0v) is 19.3. The van der Waals surface area contributed by atoms with E-state index in [-0.39, 0.29) is 25.7 Å². The molecule has 1 aromatic rings. The number of hydrogen-bond donors (Lipinski definition) is 0. The van der Waals surface area contributed by atoms with Crippen LogP contribution in [0.1, 0.15) is 25.7 Å². The van der Waals surface area contributed by atoms with Gasteiger partial charge in [-0.15, -0.1) is 0 Å². The van der Waals surface area contributed by atoms with Gasteiger partial charge < -0.3 is 0 Å². The number of rotatable bonds is 8. The van der Waals surface area contributed by atoms with Crippen molar-refractivity contribution < 1.29 is 43.5 Å². The molecule has 17 heteroatoms. The summed E-state index contributed by atoms with van der Waals surface area (Å²) in [5.74, 6) is -1.70. The van der Waals surface area contributed by atoms with Crippen LogP contribution in [0.5, 0.6) is 0 Å². The summed E-state index contributed by atoms with van der Waals surface area (Å²) in [6, 6.07) is 2.76. The first kappa shape index (κ1) is 25.4. The van der Waals surface area contributed by atoms with Gasteiger partial charge in [0.15, 0.2) is 9.84 Å². The summed E-state index contributed by atoms with van der Waals surface area (Å²) in [7, 11) is -13.1. The summed E-state index contributed by atoms with van der Waals surface area (Å²) in [5.41, 5.74) is -0.549. The molecule has 0 N–H and O–H groups in total. The molecule has 0 amide bonds. The molecule has 184 valence electrons. The fourth-order valence-electron chi connectivity index (χ4n) is 3.76. The molecule has 2 fully saturated rings. The molecule has 0 spiro atoms. The maximum Gasteiger partial charge on any atom is 0.297 e. The van der Waals surface area contributed by atoms with Crippen LogP contribution < -0.4 is 0 Å². The second-order valence-electron chi connectivity index (χ2n) is 7.78. The van der Waals surface area contributed by atoms with E-state index in [0.29, 0.717) is 6.07 Å². The topological polar surface area (TPSA) is 207 Å². The Hall–Kier alpha value is -2.21. The molecule has 1 saturated heterocycles. The number of non-ortho nitro benzene ring substituents is 1. The zero-order valence-electron chi connectivity index (χ0n) is 16.9. The average molecular weight is 529 g/mol. The third kappa shape index (κ3) is 6.03. The molecule has 1 aromatic carbocycles. The molecule has 0 radical (unpaired) electrons. The van der Waals surface area contributed by atoms with Crippen LogP contribution in [0.3, 0.4) is 0 Å². The number of nitrogens with zero attached hydrogens (tertiary/aromatic N) is 2. The Morgan fingerprint density at radius 1 is 0.970 bits per heavy atom. The average Bonchev–Trinajstić information content (AvgIpc) is 2.99. The van der Waals surface area contributed by atoms with Crippen molar-refractivity contribution in [1.82, 2.24) is 0 Å². The van der Waals surface area contributed by atoms with Gasteiger partial charge in [-0.2, -0.15) is 16.8 Å². The lowest BCUT2D eigenvalue weighted by molar-refractivity contribution is -0.526. The van der Waals surface area contributed by atoms with Gasteiger partial charge >= 0.3 is 0 Å². The van der Waals surface area contributed by atoms with E-state index in [1.54, 1.807) is 0 Å². The fraction of sp³-hybridized carbons (Fsp3) is 0.625. The van der Waals surface area contributed by atoms with Crippen molar-refractivity contribution in [3.05, 3.63) is 44.5 Å². The Labute approximate surface area is 189 Å². The molecular formula is C16H20N2O12S3. The van der Waals surface area contributed by atoms with Crippen LogP contribution in [-0.2, 0) is 38.4 Å². The molecule has 1 aliphatic heterocycles. The summed E-state index contributed by atoms with van der Waals surface area (Å²) < 4.78 is 84.7. The largest absolute Gasteiger partial charge is 0.297 e. The molecule has 4 atom stereocenters. The summed E-state index contributed by atoms with van der Waals surface area (Å²) >= 11 is 0. The predicted molar refractivity (Wildman–Crippen MR) is 111 cm³/mol. The highest BCUT2D eigenvalue weighted by atomic mass is 32.2. The number of benzene rings is 1. The maximum atomic E-state index is 12.7. The van der Waals surface area contributed by atoms with Crippen molar-refractivity contribution in [2.24, 2.45) is 0 Å². The fourth-order valence-corrected chi connectivity index (χ4v) is 8.38. The Kier molecular flexibility index (Phi) is 7.09. The quantitative estimate of drug-likeness (QED) is 0.255. The van der Waals surface area contributed by atoms with Gasteiger partial charge in [0.2, 0.25) is 6.04 Å². The van der Waals surface area contributed by atoms with E-state index in [0.717, 1.165) is 18.2 Å². The van der Waals surface area contributed by atoms with Gasteiger partial charge in [0, 0.05) is 29.9 Å². The van der Waals surface area contributed by atoms with E-state index in [4.69, 9.17) is 8.37 Å². The number of nitro groups is 2. The summed E-state index contributed by atoms with van der Waals surface area (Å²) in [5, 5.41) is 20.7. The first-order valence-corrected chi connectivity index (χ1v) is 14.3. The SMILES string of the molecule is O=[N+]([O-])c1cccc(S(=O)(=O)O[C@@H]2CS(=O)(=O)C[C@@H]2OS(=O)(=O)C2CCCC([N+](=O)[O-])C2)c1. The molecule has 2 aliphatic rings. The first-order valence-electron chi connectivity index (χ1n) is 9.64. The minimum absolute atomic E-state index is 0.0731. The molecule has 2 unspecified atom stereocenters. The van der Waals surface area contributed by atoms with Crippen molar-refractivity contribution in [2.45, 2.75) is 54.1 Å². The van der Waals surface area contributed by atoms with Crippen LogP contribution in [0.4, 0.5) is 5.69 Å². The Bertz CT molecular complexity index is 1260. The molecule has 1 heterocycles. The lowest BCUT2D eigenvalue weighted by Crippen LogP contribution is -2.40. The molecule has 33 heavy (non-hydrogen) atoms. The van der Waals surface area contributed by atoms with Crippen LogP contribution in [0.15, 0.2) is 29.2 Å². The smallest absolute Gasteiger partial charge is 0.264 e. The molecule has 3 rings (SSSR count). The van der Waals surface area contributed by atoms with E-state index in [1.807, 2.05) is 0 Å². The third-order valence-corrected chi connectivity index (χ3v) is 10.1. The zero-order chi connectivity index (χ0) is 24.6. The van der Waals surface area contributed by atoms with Crippen LogP contribution in [0.25, 0.3) is 0 Å². The van der Waals surface area contributed by atoms with Gasteiger partial charge in [-0.1, -0.05) is 6.07 Å². The molecular weight excluding hydrogens is 508 g/mol. The second-order valence-corrected chi connectivity index (χ2v) is 13.3. The van der Waals surface area contributed by atoms with E-state index in [9.17, 15) is 45.5 Å². The standard InChI is InChI=1S/C16H20N2O12S3/c19-17(20)11-3-1-5-13(7-11)32(25,26)29-15-9-31(23,24)10-16(15)30-33(27,28)14-6-2-4-12(8-14)18(21)22/h1,3,5,7,12,14-16H,2,4,6,8-10H2/t12?,14?,15-,16+/m1/s1. The van der Waals surface area contributed by atoms with E-state index in [1.165, 1.54) is 0 Å². The van der Waals surface area contributed by atoms with Gasteiger partial charge in [0.25, 0.3) is 25.9 Å².